The summed E-state index contributed by atoms with van der Waals surface area (Å²) in [5.74, 6) is -1.57. The molecule has 1 amide bonds. The Morgan fingerprint density at radius 2 is 1.76 bits per heavy atom. The molecule has 4 aromatic rings. The van der Waals surface area contributed by atoms with E-state index >= 15 is 0 Å². The minimum atomic E-state index is -0.901. The first-order valence-corrected chi connectivity index (χ1v) is 8.86. The summed E-state index contributed by atoms with van der Waals surface area (Å²) in [5, 5.41) is 9.77. The molecule has 0 radical (unpaired) electrons. The lowest BCUT2D eigenvalue weighted by Gasteiger charge is -2.11. The van der Waals surface area contributed by atoms with Gasteiger partial charge in [-0.2, -0.15) is 14.6 Å². The Labute approximate surface area is 164 Å². The number of hydrogen-bond acceptors (Lipinski definition) is 5. The lowest BCUT2D eigenvalue weighted by Crippen LogP contribution is -2.30. The third-order valence-corrected chi connectivity index (χ3v) is 4.23. The van der Waals surface area contributed by atoms with Crippen molar-refractivity contribution in [3.8, 4) is 11.3 Å². The van der Waals surface area contributed by atoms with E-state index in [2.05, 4.69) is 25.7 Å². The predicted octanol–water partition coefficient (Wildman–Crippen LogP) is 2.91. The van der Waals surface area contributed by atoms with E-state index in [-0.39, 0.29) is 6.54 Å². The first-order chi connectivity index (χ1) is 14.1. The van der Waals surface area contributed by atoms with Crippen LogP contribution in [-0.4, -0.2) is 38.6 Å². The third kappa shape index (κ3) is 3.88. The summed E-state index contributed by atoms with van der Waals surface area (Å²) in [6.45, 7) is 0.445. The van der Waals surface area contributed by atoms with Crippen molar-refractivity contribution in [3.63, 3.8) is 0 Å². The zero-order valence-electron chi connectivity index (χ0n) is 15.1. The molecule has 2 heterocycles. The molecule has 0 aliphatic rings. The van der Waals surface area contributed by atoms with Crippen LogP contribution in [-0.2, 0) is 0 Å². The predicted molar refractivity (Wildman–Crippen MR) is 103 cm³/mol. The highest BCUT2D eigenvalue weighted by atomic mass is 19.1. The zero-order chi connectivity index (χ0) is 20.2. The Bertz CT molecular complexity index is 1140. The number of anilines is 1. The van der Waals surface area contributed by atoms with Crippen LogP contribution in [0.1, 0.15) is 10.4 Å². The molecule has 0 saturated heterocycles. The van der Waals surface area contributed by atoms with Crippen molar-refractivity contribution in [2.45, 2.75) is 0 Å². The van der Waals surface area contributed by atoms with Gasteiger partial charge >= 0.3 is 0 Å². The van der Waals surface area contributed by atoms with E-state index in [0.717, 1.165) is 17.7 Å². The molecule has 7 nitrogen and oxygen atoms in total. The molecule has 4 rings (SSSR count). The van der Waals surface area contributed by atoms with Crippen molar-refractivity contribution < 1.29 is 13.6 Å². The van der Waals surface area contributed by atoms with Crippen LogP contribution in [0.3, 0.4) is 0 Å². The molecule has 0 aliphatic carbocycles. The standard InChI is InChI=1S/C20H16F2N6O/c21-14-7-4-8-15(22)18(14)19(29)24-10-9-23-17-11-16(13-5-2-1-3-6-13)27-20-25-12-26-28(17)20/h1-8,11-12,23H,9-10H2,(H,24,29). The number of halogens is 2. The Morgan fingerprint density at radius 3 is 2.52 bits per heavy atom. The Kier molecular flexibility index (Phi) is 5.10. The fourth-order valence-corrected chi connectivity index (χ4v) is 2.86. The van der Waals surface area contributed by atoms with Gasteiger partial charge in [-0.1, -0.05) is 36.4 Å². The number of hydrogen-bond donors (Lipinski definition) is 2. The second-order valence-corrected chi connectivity index (χ2v) is 6.14. The second-order valence-electron chi connectivity index (χ2n) is 6.14. The summed E-state index contributed by atoms with van der Waals surface area (Å²) in [5.41, 5.74) is 1.04. The molecule has 0 atom stereocenters. The Balaban J connectivity index is 1.46. The zero-order valence-corrected chi connectivity index (χ0v) is 15.1. The molecule has 146 valence electrons. The highest BCUT2D eigenvalue weighted by Gasteiger charge is 2.16. The summed E-state index contributed by atoms with van der Waals surface area (Å²) in [6, 6.07) is 14.7. The molecule has 9 heteroatoms. The third-order valence-electron chi connectivity index (χ3n) is 4.23. The first kappa shape index (κ1) is 18.5. The fraction of sp³-hybridized carbons (Fsp3) is 0.100. The van der Waals surface area contributed by atoms with Crippen LogP contribution in [0.25, 0.3) is 17.0 Å². The van der Waals surface area contributed by atoms with E-state index in [1.807, 2.05) is 36.4 Å². The van der Waals surface area contributed by atoms with Crippen molar-refractivity contribution in [3.05, 3.63) is 78.1 Å². The van der Waals surface area contributed by atoms with Crippen LogP contribution in [0.15, 0.2) is 60.9 Å². The van der Waals surface area contributed by atoms with Crippen LogP contribution in [0.2, 0.25) is 0 Å². The summed E-state index contributed by atoms with van der Waals surface area (Å²) < 4.78 is 28.9. The fourth-order valence-electron chi connectivity index (χ4n) is 2.86. The number of amides is 1. The van der Waals surface area contributed by atoms with Gasteiger partial charge in [0.1, 0.15) is 29.3 Å². The Hall–Kier alpha value is -3.88. The highest BCUT2D eigenvalue weighted by molar-refractivity contribution is 5.94. The Morgan fingerprint density at radius 1 is 1.00 bits per heavy atom. The van der Waals surface area contributed by atoms with E-state index in [4.69, 9.17) is 0 Å². The lowest BCUT2D eigenvalue weighted by atomic mass is 10.1. The summed E-state index contributed by atoms with van der Waals surface area (Å²) in [7, 11) is 0. The quantitative estimate of drug-likeness (QED) is 0.491. The van der Waals surface area contributed by atoms with Crippen LogP contribution < -0.4 is 10.6 Å². The topological polar surface area (TPSA) is 84.2 Å². The van der Waals surface area contributed by atoms with Crippen molar-refractivity contribution >= 4 is 17.5 Å². The monoisotopic (exact) mass is 394 g/mol. The van der Waals surface area contributed by atoms with E-state index in [1.165, 1.54) is 16.9 Å². The molecule has 0 unspecified atom stereocenters. The van der Waals surface area contributed by atoms with Crippen molar-refractivity contribution in [1.29, 1.82) is 0 Å². The summed E-state index contributed by atoms with van der Waals surface area (Å²) in [6.07, 6.45) is 1.39. The van der Waals surface area contributed by atoms with Gasteiger partial charge in [-0.05, 0) is 12.1 Å². The molecule has 2 aromatic carbocycles. The molecule has 0 aliphatic heterocycles. The summed E-state index contributed by atoms with van der Waals surface area (Å²) >= 11 is 0. The number of fused-ring (bicyclic) bond motifs is 1. The average molecular weight is 394 g/mol. The molecular weight excluding hydrogens is 378 g/mol. The van der Waals surface area contributed by atoms with Gasteiger partial charge in [0.05, 0.1) is 5.69 Å². The van der Waals surface area contributed by atoms with Crippen molar-refractivity contribution in [1.82, 2.24) is 24.9 Å². The number of carbonyl (C=O) groups excluding carboxylic acids is 1. The van der Waals surface area contributed by atoms with Crippen molar-refractivity contribution in [2.75, 3.05) is 18.4 Å². The SMILES string of the molecule is O=C(NCCNc1cc(-c2ccccc2)nc2ncnn12)c1c(F)cccc1F. The number of nitrogens with one attached hydrogen (secondary N) is 2. The van der Waals surface area contributed by atoms with Gasteiger partial charge in [-0.15, -0.1) is 0 Å². The second kappa shape index (κ2) is 8.01. The smallest absolute Gasteiger partial charge is 0.257 e. The molecule has 2 aromatic heterocycles. The highest BCUT2D eigenvalue weighted by Crippen LogP contribution is 2.21. The number of benzene rings is 2. The molecule has 29 heavy (non-hydrogen) atoms. The number of aromatic nitrogens is 4. The maximum Gasteiger partial charge on any atom is 0.257 e. The van der Waals surface area contributed by atoms with E-state index in [9.17, 15) is 13.6 Å². The van der Waals surface area contributed by atoms with Crippen molar-refractivity contribution in [2.24, 2.45) is 0 Å². The van der Waals surface area contributed by atoms with E-state index < -0.39 is 23.1 Å². The maximum absolute atomic E-state index is 13.7. The molecule has 0 spiro atoms. The molecular formula is C20H16F2N6O. The minimum absolute atomic E-state index is 0.145. The normalized spacial score (nSPS) is 10.8. The summed E-state index contributed by atoms with van der Waals surface area (Å²) in [4.78, 5) is 20.7. The van der Waals surface area contributed by atoms with Gasteiger partial charge in [0.25, 0.3) is 11.7 Å². The van der Waals surface area contributed by atoms with E-state index in [0.29, 0.717) is 23.8 Å². The van der Waals surface area contributed by atoms with E-state index in [1.54, 1.807) is 0 Å². The number of carbonyl (C=O) groups is 1. The van der Waals surface area contributed by atoms with Gasteiger partial charge in [0.2, 0.25) is 0 Å². The minimum Gasteiger partial charge on any atom is -0.368 e. The van der Waals surface area contributed by atoms with Gasteiger partial charge in [0.15, 0.2) is 0 Å². The largest absolute Gasteiger partial charge is 0.368 e. The number of nitrogens with zero attached hydrogens (tertiary/aromatic N) is 4. The molecule has 2 N–H and O–H groups in total. The van der Waals surface area contributed by atoms with Crippen LogP contribution >= 0.6 is 0 Å². The van der Waals surface area contributed by atoms with Crippen LogP contribution in [0.5, 0.6) is 0 Å². The molecule has 0 fully saturated rings. The average Bonchev–Trinajstić information content (AvgIpc) is 3.20. The van der Waals surface area contributed by atoms with Crippen LogP contribution in [0, 0.1) is 11.6 Å². The number of rotatable bonds is 6. The lowest BCUT2D eigenvalue weighted by molar-refractivity contribution is 0.0946. The van der Waals surface area contributed by atoms with Crippen LogP contribution in [0.4, 0.5) is 14.6 Å². The maximum atomic E-state index is 13.7. The van der Waals surface area contributed by atoms with Gasteiger partial charge in [-0.3, -0.25) is 4.79 Å². The first-order valence-electron chi connectivity index (χ1n) is 8.86. The van der Waals surface area contributed by atoms with Gasteiger partial charge in [-0.25, -0.2) is 13.8 Å². The molecule has 0 saturated carbocycles. The van der Waals surface area contributed by atoms with Gasteiger partial charge < -0.3 is 10.6 Å². The van der Waals surface area contributed by atoms with Gasteiger partial charge in [0, 0.05) is 24.7 Å². The molecule has 0 bridgehead atoms.